The third kappa shape index (κ3) is 1.80. The summed E-state index contributed by atoms with van der Waals surface area (Å²) in [4.78, 5) is 0. The smallest absolute Gasteiger partial charge is 0.0946 e. The van der Waals surface area contributed by atoms with E-state index in [1.807, 2.05) is 6.07 Å². The van der Waals surface area contributed by atoms with E-state index < -0.39 is 5.60 Å². The molecule has 0 unspecified atom stereocenters. The van der Waals surface area contributed by atoms with E-state index in [9.17, 15) is 5.11 Å². The molecule has 0 amide bonds. The summed E-state index contributed by atoms with van der Waals surface area (Å²) in [5.41, 5.74) is 2.88. The van der Waals surface area contributed by atoms with E-state index in [0.717, 1.165) is 5.56 Å². The van der Waals surface area contributed by atoms with Crippen molar-refractivity contribution >= 4 is 0 Å². The van der Waals surface area contributed by atoms with Gasteiger partial charge in [-0.3, -0.25) is 0 Å². The Morgan fingerprint density at radius 3 is 2.47 bits per heavy atom. The quantitative estimate of drug-likeness (QED) is 0.804. The van der Waals surface area contributed by atoms with E-state index in [2.05, 4.69) is 26.0 Å². The SMILES string of the molecule is COC1CC(O)(c2ccc(C)c(C)c2)C1. The second-order valence-electron chi connectivity index (χ2n) is 4.60. The van der Waals surface area contributed by atoms with E-state index in [-0.39, 0.29) is 6.10 Å². The van der Waals surface area contributed by atoms with Crippen LogP contribution in [0, 0.1) is 13.8 Å². The lowest BCUT2D eigenvalue weighted by Gasteiger charge is -2.43. The van der Waals surface area contributed by atoms with Crippen molar-refractivity contribution in [3.63, 3.8) is 0 Å². The minimum atomic E-state index is -0.654. The van der Waals surface area contributed by atoms with Gasteiger partial charge in [0.2, 0.25) is 0 Å². The average molecular weight is 206 g/mol. The van der Waals surface area contributed by atoms with Gasteiger partial charge in [0.05, 0.1) is 11.7 Å². The fraction of sp³-hybridized carbons (Fsp3) is 0.538. The molecule has 0 heterocycles. The van der Waals surface area contributed by atoms with E-state index in [1.165, 1.54) is 11.1 Å². The lowest BCUT2D eigenvalue weighted by Crippen LogP contribution is -2.45. The molecule has 0 bridgehead atoms. The summed E-state index contributed by atoms with van der Waals surface area (Å²) >= 11 is 0. The van der Waals surface area contributed by atoms with Crippen molar-refractivity contribution in [2.45, 2.75) is 38.4 Å². The Morgan fingerprint density at radius 2 is 1.93 bits per heavy atom. The number of hydrogen-bond acceptors (Lipinski definition) is 2. The molecule has 0 aromatic heterocycles. The van der Waals surface area contributed by atoms with Crippen molar-refractivity contribution in [1.29, 1.82) is 0 Å². The van der Waals surface area contributed by atoms with Crippen molar-refractivity contribution in [1.82, 2.24) is 0 Å². The van der Waals surface area contributed by atoms with Crippen LogP contribution in [0.5, 0.6) is 0 Å². The second-order valence-corrected chi connectivity index (χ2v) is 4.60. The zero-order valence-electron chi connectivity index (χ0n) is 9.58. The van der Waals surface area contributed by atoms with E-state index >= 15 is 0 Å². The molecule has 1 saturated carbocycles. The van der Waals surface area contributed by atoms with Crippen molar-refractivity contribution < 1.29 is 9.84 Å². The molecule has 1 aromatic rings. The van der Waals surface area contributed by atoms with Crippen LogP contribution in [0.15, 0.2) is 18.2 Å². The first-order valence-electron chi connectivity index (χ1n) is 5.38. The first kappa shape index (κ1) is 10.7. The Hall–Kier alpha value is -0.860. The molecule has 1 fully saturated rings. The van der Waals surface area contributed by atoms with Gasteiger partial charge in [-0.15, -0.1) is 0 Å². The van der Waals surface area contributed by atoms with Crippen LogP contribution in [0.3, 0.4) is 0 Å². The topological polar surface area (TPSA) is 29.5 Å². The van der Waals surface area contributed by atoms with E-state index in [0.29, 0.717) is 12.8 Å². The molecule has 15 heavy (non-hydrogen) atoms. The highest BCUT2D eigenvalue weighted by Crippen LogP contribution is 2.43. The van der Waals surface area contributed by atoms with Gasteiger partial charge in [0.25, 0.3) is 0 Å². The Bertz CT molecular complexity index is 365. The Morgan fingerprint density at radius 1 is 1.27 bits per heavy atom. The first-order chi connectivity index (χ1) is 7.05. The highest BCUT2D eigenvalue weighted by molar-refractivity contribution is 5.34. The summed E-state index contributed by atoms with van der Waals surface area (Å²) in [5, 5.41) is 10.3. The highest BCUT2D eigenvalue weighted by Gasteiger charge is 2.44. The summed E-state index contributed by atoms with van der Waals surface area (Å²) in [7, 11) is 1.70. The molecule has 2 nitrogen and oxygen atoms in total. The van der Waals surface area contributed by atoms with Crippen LogP contribution in [-0.2, 0) is 10.3 Å². The molecule has 0 spiro atoms. The van der Waals surface area contributed by atoms with Gasteiger partial charge in [0.1, 0.15) is 0 Å². The second kappa shape index (κ2) is 3.62. The predicted octanol–water partition coefficient (Wildman–Crippen LogP) is 2.30. The Labute approximate surface area is 90.9 Å². The molecule has 0 radical (unpaired) electrons. The molecule has 1 aliphatic rings. The number of benzene rings is 1. The number of aryl methyl sites for hydroxylation is 2. The maximum absolute atomic E-state index is 10.3. The maximum Gasteiger partial charge on any atom is 0.0946 e. The number of methoxy groups -OCH3 is 1. The molecular weight excluding hydrogens is 188 g/mol. The number of rotatable bonds is 2. The van der Waals surface area contributed by atoms with Gasteiger partial charge >= 0.3 is 0 Å². The molecule has 0 atom stereocenters. The van der Waals surface area contributed by atoms with Crippen LogP contribution < -0.4 is 0 Å². The van der Waals surface area contributed by atoms with Gasteiger partial charge in [-0.25, -0.2) is 0 Å². The molecule has 0 saturated heterocycles. The molecule has 1 N–H and O–H groups in total. The zero-order chi connectivity index (χ0) is 11.1. The molecule has 1 aliphatic carbocycles. The van der Waals surface area contributed by atoms with Crippen molar-refractivity contribution in [3.8, 4) is 0 Å². The summed E-state index contributed by atoms with van der Waals surface area (Å²) in [6.07, 6.45) is 1.65. The minimum Gasteiger partial charge on any atom is -0.385 e. The molecule has 2 rings (SSSR count). The van der Waals surface area contributed by atoms with Crippen molar-refractivity contribution in [2.75, 3.05) is 7.11 Å². The van der Waals surface area contributed by atoms with Crippen molar-refractivity contribution in [2.24, 2.45) is 0 Å². The Kier molecular flexibility index (Phi) is 2.57. The van der Waals surface area contributed by atoms with Crippen LogP contribution in [0.1, 0.15) is 29.5 Å². The molecule has 1 aromatic carbocycles. The van der Waals surface area contributed by atoms with Crippen LogP contribution in [0.25, 0.3) is 0 Å². The van der Waals surface area contributed by atoms with Crippen LogP contribution in [0.2, 0.25) is 0 Å². The minimum absolute atomic E-state index is 0.219. The fourth-order valence-electron chi connectivity index (χ4n) is 2.13. The van der Waals surface area contributed by atoms with Gasteiger partial charge < -0.3 is 9.84 Å². The zero-order valence-corrected chi connectivity index (χ0v) is 9.58. The average Bonchev–Trinajstić information content (AvgIpc) is 2.17. The first-order valence-corrected chi connectivity index (χ1v) is 5.38. The highest BCUT2D eigenvalue weighted by atomic mass is 16.5. The predicted molar refractivity (Wildman–Crippen MR) is 59.8 cm³/mol. The lowest BCUT2D eigenvalue weighted by atomic mass is 9.72. The van der Waals surface area contributed by atoms with E-state index in [1.54, 1.807) is 7.11 Å². The van der Waals surface area contributed by atoms with Gasteiger partial charge in [-0.2, -0.15) is 0 Å². The normalized spacial score (nSPS) is 30.0. The van der Waals surface area contributed by atoms with Crippen molar-refractivity contribution in [3.05, 3.63) is 34.9 Å². The monoisotopic (exact) mass is 206 g/mol. The number of hydrogen-bond donors (Lipinski definition) is 1. The van der Waals surface area contributed by atoms with Crippen LogP contribution in [0.4, 0.5) is 0 Å². The van der Waals surface area contributed by atoms with Crippen LogP contribution in [-0.4, -0.2) is 18.3 Å². The van der Waals surface area contributed by atoms with Gasteiger partial charge in [0.15, 0.2) is 0 Å². The molecule has 82 valence electrons. The fourth-order valence-corrected chi connectivity index (χ4v) is 2.13. The summed E-state index contributed by atoms with van der Waals surface area (Å²) in [5.74, 6) is 0. The third-order valence-corrected chi connectivity index (χ3v) is 3.51. The number of ether oxygens (including phenoxy) is 1. The maximum atomic E-state index is 10.3. The van der Waals surface area contributed by atoms with Crippen LogP contribution >= 0.6 is 0 Å². The summed E-state index contributed by atoms with van der Waals surface area (Å²) in [6.45, 7) is 4.16. The standard InChI is InChI=1S/C13H18O2/c1-9-4-5-11(6-10(9)2)13(14)7-12(8-13)15-3/h4-6,12,14H,7-8H2,1-3H3. The Balaban J connectivity index is 2.20. The summed E-state index contributed by atoms with van der Waals surface area (Å²) in [6, 6.07) is 6.18. The molecule has 2 heteroatoms. The van der Waals surface area contributed by atoms with Gasteiger partial charge in [-0.1, -0.05) is 18.2 Å². The number of aliphatic hydroxyl groups is 1. The van der Waals surface area contributed by atoms with E-state index in [4.69, 9.17) is 4.74 Å². The molecular formula is C13H18O2. The summed E-state index contributed by atoms with van der Waals surface area (Å²) < 4.78 is 5.20. The van der Waals surface area contributed by atoms with Gasteiger partial charge in [-0.05, 0) is 30.5 Å². The largest absolute Gasteiger partial charge is 0.385 e. The lowest BCUT2D eigenvalue weighted by molar-refractivity contribution is -0.133. The molecule has 0 aliphatic heterocycles. The van der Waals surface area contributed by atoms with Gasteiger partial charge in [0, 0.05) is 20.0 Å². The third-order valence-electron chi connectivity index (χ3n) is 3.51.